The Kier molecular flexibility index (Phi) is 5.99. The lowest BCUT2D eigenvalue weighted by Gasteiger charge is -2.06. The van der Waals surface area contributed by atoms with Crippen molar-refractivity contribution in [2.24, 2.45) is 5.92 Å². The van der Waals surface area contributed by atoms with Gasteiger partial charge in [0.2, 0.25) is 0 Å². The zero-order chi connectivity index (χ0) is 19.6. The highest BCUT2D eigenvalue weighted by molar-refractivity contribution is 7.16. The number of nitrogens with one attached hydrogen (secondary N) is 1. The van der Waals surface area contributed by atoms with Crippen molar-refractivity contribution in [3.8, 4) is 11.3 Å². The molecule has 3 rings (SSSR count). The number of aromatic carboxylic acids is 1. The molecule has 0 bridgehead atoms. The van der Waals surface area contributed by atoms with Gasteiger partial charge in [-0.3, -0.25) is 0 Å². The smallest absolute Gasteiger partial charge is 0.354 e. The average Bonchev–Trinajstić information content (AvgIpc) is 2.99. The van der Waals surface area contributed by atoms with E-state index in [0.717, 1.165) is 22.6 Å². The zero-order valence-electron chi connectivity index (χ0n) is 14.7. The second-order valence-electron chi connectivity index (χ2n) is 6.38. The van der Waals surface area contributed by atoms with Gasteiger partial charge in [-0.2, -0.15) is 0 Å². The molecule has 27 heavy (non-hydrogen) atoms. The normalized spacial score (nSPS) is 11.0. The molecule has 1 aromatic carbocycles. The van der Waals surface area contributed by atoms with Gasteiger partial charge in [-0.05, 0) is 36.6 Å². The summed E-state index contributed by atoms with van der Waals surface area (Å²) in [6.07, 6.45) is 2.32. The van der Waals surface area contributed by atoms with Gasteiger partial charge < -0.3 is 10.4 Å². The minimum Gasteiger partial charge on any atom is -0.477 e. The van der Waals surface area contributed by atoms with Crippen molar-refractivity contribution in [1.82, 2.24) is 9.97 Å². The average molecular weight is 422 g/mol. The first-order valence-corrected chi connectivity index (χ1v) is 9.82. The first-order chi connectivity index (χ1) is 12.8. The van der Waals surface area contributed by atoms with Crippen molar-refractivity contribution in [2.45, 2.75) is 20.3 Å². The molecule has 0 radical (unpaired) electrons. The van der Waals surface area contributed by atoms with Gasteiger partial charge in [0.15, 0.2) is 5.13 Å². The molecule has 0 saturated carbocycles. The third-order valence-electron chi connectivity index (χ3n) is 3.71. The van der Waals surface area contributed by atoms with Crippen LogP contribution in [0, 0.1) is 5.92 Å². The molecule has 2 N–H and O–H groups in total. The Balaban J connectivity index is 1.97. The van der Waals surface area contributed by atoms with E-state index in [-0.39, 0.29) is 5.69 Å². The van der Waals surface area contributed by atoms with Gasteiger partial charge in [-0.25, -0.2) is 14.8 Å². The molecule has 0 unspecified atom stereocenters. The second-order valence-corrected chi connectivity index (χ2v) is 8.28. The molecule has 0 atom stereocenters. The highest BCUT2D eigenvalue weighted by Gasteiger charge is 2.16. The number of hydrogen-bond acceptors (Lipinski definition) is 5. The summed E-state index contributed by atoms with van der Waals surface area (Å²) in [5, 5.41) is 13.9. The molecule has 140 valence electrons. The van der Waals surface area contributed by atoms with Crippen LogP contribution in [0.4, 0.5) is 10.8 Å². The van der Waals surface area contributed by atoms with Crippen molar-refractivity contribution in [3.05, 3.63) is 57.1 Å². The Morgan fingerprint density at radius 3 is 2.67 bits per heavy atom. The molecule has 5 nitrogen and oxygen atoms in total. The largest absolute Gasteiger partial charge is 0.477 e. The number of hydrogen-bond donors (Lipinski definition) is 2. The van der Waals surface area contributed by atoms with E-state index in [1.807, 2.05) is 12.1 Å². The van der Waals surface area contributed by atoms with Gasteiger partial charge in [0.05, 0.1) is 15.7 Å². The fraction of sp³-hybridized carbons (Fsp3) is 0.211. The molecule has 2 heterocycles. The molecular weight excluding hydrogens is 405 g/mol. The Morgan fingerprint density at radius 2 is 2.00 bits per heavy atom. The highest BCUT2D eigenvalue weighted by Crippen LogP contribution is 2.36. The van der Waals surface area contributed by atoms with Crippen LogP contribution in [0.5, 0.6) is 0 Å². The van der Waals surface area contributed by atoms with E-state index in [1.54, 1.807) is 12.1 Å². The minimum absolute atomic E-state index is 0.0244. The fourth-order valence-electron chi connectivity index (χ4n) is 2.53. The predicted molar refractivity (Wildman–Crippen MR) is 111 cm³/mol. The molecular formula is C19H17Cl2N3O2S. The summed E-state index contributed by atoms with van der Waals surface area (Å²) in [6, 6.07) is 8.64. The van der Waals surface area contributed by atoms with Crippen LogP contribution >= 0.6 is 34.5 Å². The van der Waals surface area contributed by atoms with Crippen LogP contribution < -0.4 is 5.32 Å². The second kappa shape index (κ2) is 8.25. The zero-order valence-corrected chi connectivity index (χ0v) is 17.0. The lowest BCUT2D eigenvalue weighted by Crippen LogP contribution is -2.00. The van der Waals surface area contributed by atoms with Crippen LogP contribution in [0.3, 0.4) is 0 Å². The fourth-order valence-corrected chi connectivity index (χ4v) is 4.05. The molecule has 3 aromatic rings. The number of anilines is 2. The van der Waals surface area contributed by atoms with Crippen LogP contribution in [-0.4, -0.2) is 21.0 Å². The number of carboxylic acids is 1. The van der Waals surface area contributed by atoms with E-state index in [2.05, 4.69) is 24.1 Å². The molecule has 0 aliphatic carbocycles. The quantitative estimate of drug-likeness (QED) is 0.498. The van der Waals surface area contributed by atoms with Crippen LogP contribution in [0.1, 0.15) is 29.2 Å². The number of thiazole rings is 1. The SMILES string of the molecule is CC(C)Cc1sc(Nc2ccnc(C(=O)O)c2)nc1-c1ccc(Cl)c(Cl)c1. The van der Waals surface area contributed by atoms with Gasteiger partial charge in [0.25, 0.3) is 0 Å². The van der Waals surface area contributed by atoms with Crippen LogP contribution in [-0.2, 0) is 6.42 Å². The van der Waals surface area contributed by atoms with Crippen molar-refractivity contribution in [2.75, 3.05) is 5.32 Å². The van der Waals surface area contributed by atoms with E-state index < -0.39 is 5.97 Å². The number of carbonyl (C=O) groups is 1. The summed E-state index contributed by atoms with van der Waals surface area (Å²) in [7, 11) is 0. The maximum Gasteiger partial charge on any atom is 0.354 e. The Hall–Kier alpha value is -2.15. The van der Waals surface area contributed by atoms with E-state index in [0.29, 0.717) is 26.8 Å². The molecule has 0 spiro atoms. The molecule has 8 heteroatoms. The van der Waals surface area contributed by atoms with Crippen LogP contribution in [0.25, 0.3) is 11.3 Å². The Labute approximate surface area is 171 Å². The van der Waals surface area contributed by atoms with Crippen molar-refractivity contribution >= 4 is 51.3 Å². The van der Waals surface area contributed by atoms with Crippen LogP contribution in [0.2, 0.25) is 10.0 Å². The third-order valence-corrected chi connectivity index (χ3v) is 5.45. The number of carboxylic acid groups (broad SMARTS) is 1. The standard InChI is InChI=1S/C19H17Cl2N3O2S/c1-10(2)7-16-17(11-3-4-13(20)14(21)8-11)24-19(27-16)23-12-5-6-22-15(9-12)18(25)26/h3-6,8-10H,7H2,1-2H3,(H,25,26)(H,22,23,24). The minimum atomic E-state index is -1.07. The van der Waals surface area contributed by atoms with Gasteiger partial charge in [-0.1, -0.05) is 43.1 Å². The molecule has 2 aromatic heterocycles. The molecule has 0 amide bonds. The maximum absolute atomic E-state index is 11.1. The predicted octanol–water partition coefficient (Wildman–Crippen LogP) is 6.15. The molecule has 0 saturated heterocycles. The van der Waals surface area contributed by atoms with Gasteiger partial charge in [-0.15, -0.1) is 11.3 Å². The summed E-state index contributed by atoms with van der Waals surface area (Å²) in [5.74, 6) is -0.617. The van der Waals surface area contributed by atoms with Crippen molar-refractivity contribution in [1.29, 1.82) is 0 Å². The summed E-state index contributed by atoms with van der Waals surface area (Å²) in [6.45, 7) is 4.29. The maximum atomic E-state index is 11.1. The molecule has 0 aliphatic rings. The first kappa shape index (κ1) is 19.6. The lowest BCUT2D eigenvalue weighted by molar-refractivity contribution is 0.0690. The number of nitrogens with zero attached hydrogens (tertiary/aromatic N) is 2. The number of pyridine rings is 1. The van der Waals surface area contributed by atoms with Crippen molar-refractivity contribution < 1.29 is 9.90 Å². The van der Waals surface area contributed by atoms with Gasteiger partial charge in [0.1, 0.15) is 5.69 Å². The number of aromatic nitrogens is 2. The summed E-state index contributed by atoms with van der Waals surface area (Å²) < 4.78 is 0. The Morgan fingerprint density at radius 1 is 1.22 bits per heavy atom. The summed E-state index contributed by atoms with van der Waals surface area (Å²) in [5.41, 5.74) is 2.34. The number of halogens is 2. The van der Waals surface area contributed by atoms with Gasteiger partial charge >= 0.3 is 5.97 Å². The number of rotatable bonds is 6. The number of benzene rings is 1. The lowest BCUT2D eigenvalue weighted by atomic mass is 10.0. The first-order valence-electron chi connectivity index (χ1n) is 8.25. The van der Waals surface area contributed by atoms with E-state index >= 15 is 0 Å². The third kappa shape index (κ3) is 4.77. The highest BCUT2D eigenvalue weighted by atomic mass is 35.5. The topological polar surface area (TPSA) is 75.1 Å². The summed E-state index contributed by atoms with van der Waals surface area (Å²) >= 11 is 13.7. The Bertz CT molecular complexity index is 989. The van der Waals surface area contributed by atoms with E-state index in [4.69, 9.17) is 33.3 Å². The monoisotopic (exact) mass is 421 g/mol. The van der Waals surface area contributed by atoms with E-state index in [1.165, 1.54) is 23.6 Å². The molecule has 0 aliphatic heterocycles. The molecule has 0 fully saturated rings. The van der Waals surface area contributed by atoms with Crippen LogP contribution in [0.15, 0.2) is 36.5 Å². The summed E-state index contributed by atoms with van der Waals surface area (Å²) in [4.78, 5) is 20.8. The van der Waals surface area contributed by atoms with Crippen molar-refractivity contribution in [3.63, 3.8) is 0 Å². The van der Waals surface area contributed by atoms with Gasteiger partial charge in [0, 0.05) is 22.3 Å². The van der Waals surface area contributed by atoms with E-state index in [9.17, 15) is 4.79 Å².